The number of aromatic amines is 1. The number of hydrogen-bond donors (Lipinski definition) is 2. The van der Waals surface area contributed by atoms with Gasteiger partial charge in [0.15, 0.2) is 5.82 Å². The molecule has 0 amide bonds. The molecule has 1 aromatic heterocycles. The van der Waals surface area contributed by atoms with E-state index >= 15 is 0 Å². The molecule has 1 aliphatic rings. The van der Waals surface area contributed by atoms with Crippen LogP contribution in [0.3, 0.4) is 0 Å². The zero-order chi connectivity index (χ0) is 11.4. The number of tetrazole rings is 1. The molecule has 1 saturated carbocycles. The third kappa shape index (κ3) is 2.76. The Morgan fingerprint density at radius 1 is 1.50 bits per heavy atom. The molecule has 1 aliphatic carbocycles. The van der Waals surface area contributed by atoms with Gasteiger partial charge in [-0.2, -0.15) is 5.21 Å². The maximum atomic E-state index is 5.40. The van der Waals surface area contributed by atoms with Crippen molar-refractivity contribution < 1.29 is 4.74 Å². The maximum absolute atomic E-state index is 5.40. The quantitative estimate of drug-likeness (QED) is 0.793. The number of hydrogen-bond acceptors (Lipinski definition) is 5. The molecule has 16 heavy (non-hydrogen) atoms. The summed E-state index contributed by atoms with van der Waals surface area (Å²) in [4.78, 5) is 0. The van der Waals surface area contributed by atoms with Gasteiger partial charge < -0.3 is 10.1 Å². The van der Waals surface area contributed by atoms with Crippen LogP contribution in [-0.4, -0.2) is 39.9 Å². The molecule has 6 heteroatoms. The van der Waals surface area contributed by atoms with Crippen LogP contribution in [0, 0.1) is 0 Å². The van der Waals surface area contributed by atoms with Crippen molar-refractivity contribution in [1.82, 2.24) is 25.9 Å². The molecule has 0 saturated heterocycles. The molecule has 0 aromatic carbocycles. The molecule has 1 aromatic rings. The van der Waals surface area contributed by atoms with E-state index in [1.165, 1.54) is 19.3 Å². The molecule has 0 bridgehead atoms. The average Bonchev–Trinajstić information content (AvgIpc) is 2.83. The second kappa shape index (κ2) is 5.36. The summed E-state index contributed by atoms with van der Waals surface area (Å²) in [6.07, 6.45) is 5.05. The van der Waals surface area contributed by atoms with Crippen LogP contribution in [0.4, 0.5) is 0 Å². The molecular weight excluding hydrogens is 206 g/mol. The number of rotatable bonds is 4. The third-order valence-corrected chi connectivity index (χ3v) is 3.19. The van der Waals surface area contributed by atoms with Crippen LogP contribution in [0.15, 0.2) is 0 Å². The number of ether oxygens (including phenoxy) is 1. The molecule has 90 valence electrons. The molecule has 2 N–H and O–H groups in total. The van der Waals surface area contributed by atoms with Crippen molar-refractivity contribution in [2.45, 2.75) is 50.8 Å². The zero-order valence-corrected chi connectivity index (χ0v) is 9.81. The van der Waals surface area contributed by atoms with E-state index in [2.05, 4.69) is 32.9 Å². The van der Waals surface area contributed by atoms with Gasteiger partial charge in [0.25, 0.3) is 0 Å². The molecule has 0 radical (unpaired) electrons. The first-order valence-corrected chi connectivity index (χ1v) is 5.81. The Kier molecular flexibility index (Phi) is 3.84. The second-order valence-corrected chi connectivity index (χ2v) is 4.38. The van der Waals surface area contributed by atoms with Crippen molar-refractivity contribution in [3.63, 3.8) is 0 Å². The van der Waals surface area contributed by atoms with Crippen LogP contribution in [0.2, 0.25) is 0 Å². The topological polar surface area (TPSA) is 75.7 Å². The van der Waals surface area contributed by atoms with Crippen molar-refractivity contribution in [2.75, 3.05) is 7.11 Å². The van der Waals surface area contributed by atoms with Gasteiger partial charge in [0.2, 0.25) is 0 Å². The van der Waals surface area contributed by atoms with Crippen molar-refractivity contribution in [1.29, 1.82) is 0 Å². The molecule has 1 fully saturated rings. The molecule has 3 atom stereocenters. The summed E-state index contributed by atoms with van der Waals surface area (Å²) in [7, 11) is 1.79. The minimum atomic E-state index is 0.138. The first-order valence-electron chi connectivity index (χ1n) is 5.81. The molecule has 3 unspecified atom stereocenters. The maximum Gasteiger partial charge on any atom is 0.191 e. The van der Waals surface area contributed by atoms with E-state index in [0.29, 0.717) is 12.1 Å². The normalized spacial score (nSPS) is 27.9. The van der Waals surface area contributed by atoms with Gasteiger partial charge in [-0.15, -0.1) is 10.2 Å². The minimum Gasteiger partial charge on any atom is -0.381 e. The van der Waals surface area contributed by atoms with Gasteiger partial charge >= 0.3 is 0 Å². The van der Waals surface area contributed by atoms with Crippen molar-refractivity contribution in [3.8, 4) is 0 Å². The van der Waals surface area contributed by atoms with Crippen molar-refractivity contribution in [3.05, 3.63) is 5.82 Å². The Morgan fingerprint density at radius 2 is 2.38 bits per heavy atom. The number of aromatic nitrogens is 4. The van der Waals surface area contributed by atoms with Crippen LogP contribution < -0.4 is 5.32 Å². The third-order valence-electron chi connectivity index (χ3n) is 3.19. The van der Waals surface area contributed by atoms with E-state index in [-0.39, 0.29) is 6.04 Å². The van der Waals surface area contributed by atoms with Crippen molar-refractivity contribution >= 4 is 0 Å². The predicted molar refractivity (Wildman–Crippen MR) is 58.8 cm³/mol. The highest BCUT2D eigenvalue weighted by Gasteiger charge is 2.23. The van der Waals surface area contributed by atoms with E-state index in [9.17, 15) is 0 Å². The fourth-order valence-electron chi connectivity index (χ4n) is 2.29. The fourth-order valence-corrected chi connectivity index (χ4v) is 2.29. The van der Waals surface area contributed by atoms with Crippen LogP contribution in [0.25, 0.3) is 0 Å². The lowest BCUT2D eigenvalue weighted by molar-refractivity contribution is 0.0571. The Balaban J connectivity index is 1.84. The van der Waals surface area contributed by atoms with Gasteiger partial charge in [0, 0.05) is 13.2 Å². The molecule has 6 nitrogen and oxygen atoms in total. The number of nitrogens with one attached hydrogen (secondary N) is 2. The first kappa shape index (κ1) is 11.5. The Labute approximate surface area is 95.1 Å². The summed E-state index contributed by atoms with van der Waals surface area (Å²) in [5, 5.41) is 17.5. The lowest BCUT2D eigenvalue weighted by atomic mass is 9.92. The highest BCUT2D eigenvalue weighted by atomic mass is 16.5. The molecule has 2 rings (SSSR count). The summed E-state index contributed by atoms with van der Waals surface area (Å²) in [6, 6.07) is 0.631. The largest absolute Gasteiger partial charge is 0.381 e. The Bertz CT molecular complexity index is 302. The predicted octanol–water partition coefficient (Wildman–Crippen LogP) is 0.808. The minimum absolute atomic E-state index is 0.138. The second-order valence-electron chi connectivity index (χ2n) is 4.38. The molecule has 0 aliphatic heterocycles. The standard InChI is InChI=1S/C10H19N5O/c1-7(10-12-14-15-13-10)11-8-4-3-5-9(6-8)16-2/h7-9,11H,3-6H2,1-2H3,(H,12,13,14,15). The van der Waals surface area contributed by atoms with Crippen LogP contribution in [0.1, 0.15) is 44.5 Å². The van der Waals surface area contributed by atoms with E-state index in [4.69, 9.17) is 4.74 Å². The zero-order valence-electron chi connectivity index (χ0n) is 9.81. The molecule has 0 spiro atoms. The van der Waals surface area contributed by atoms with E-state index in [0.717, 1.165) is 12.2 Å². The summed E-state index contributed by atoms with van der Waals surface area (Å²) in [6.45, 7) is 2.06. The Morgan fingerprint density at radius 3 is 3.06 bits per heavy atom. The summed E-state index contributed by atoms with van der Waals surface area (Å²) >= 11 is 0. The van der Waals surface area contributed by atoms with Gasteiger partial charge in [0.1, 0.15) is 0 Å². The Hall–Kier alpha value is -1.01. The lowest BCUT2D eigenvalue weighted by Crippen LogP contribution is -2.38. The number of nitrogens with zero attached hydrogens (tertiary/aromatic N) is 3. The van der Waals surface area contributed by atoms with Crippen molar-refractivity contribution in [2.24, 2.45) is 0 Å². The van der Waals surface area contributed by atoms with Crippen LogP contribution in [0.5, 0.6) is 0 Å². The monoisotopic (exact) mass is 225 g/mol. The van der Waals surface area contributed by atoms with Gasteiger partial charge in [0.05, 0.1) is 12.1 Å². The first-order chi connectivity index (χ1) is 7.79. The van der Waals surface area contributed by atoms with E-state index in [1.54, 1.807) is 7.11 Å². The van der Waals surface area contributed by atoms with Gasteiger partial charge in [-0.1, -0.05) is 5.21 Å². The summed E-state index contributed by atoms with van der Waals surface area (Å²) < 4.78 is 5.40. The van der Waals surface area contributed by atoms with E-state index < -0.39 is 0 Å². The number of methoxy groups -OCH3 is 1. The van der Waals surface area contributed by atoms with Gasteiger partial charge in [-0.3, -0.25) is 0 Å². The smallest absolute Gasteiger partial charge is 0.191 e. The van der Waals surface area contributed by atoms with Gasteiger partial charge in [-0.05, 0) is 32.6 Å². The fraction of sp³-hybridized carbons (Fsp3) is 0.900. The van der Waals surface area contributed by atoms with Crippen LogP contribution in [-0.2, 0) is 4.74 Å². The average molecular weight is 225 g/mol. The van der Waals surface area contributed by atoms with Crippen LogP contribution >= 0.6 is 0 Å². The molecule has 1 heterocycles. The van der Waals surface area contributed by atoms with E-state index in [1.807, 2.05) is 0 Å². The lowest BCUT2D eigenvalue weighted by Gasteiger charge is -2.30. The van der Waals surface area contributed by atoms with Gasteiger partial charge in [-0.25, -0.2) is 0 Å². The summed E-state index contributed by atoms with van der Waals surface area (Å²) in [5.74, 6) is 0.722. The highest BCUT2D eigenvalue weighted by molar-refractivity contribution is 4.89. The molecular formula is C10H19N5O. The summed E-state index contributed by atoms with van der Waals surface area (Å²) in [5.41, 5.74) is 0. The highest BCUT2D eigenvalue weighted by Crippen LogP contribution is 2.22. The SMILES string of the molecule is COC1CCCC(NC(C)c2nn[nH]n2)C1. The number of H-pyrrole nitrogens is 1.